The van der Waals surface area contributed by atoms with Gasteiger partial charge in [0.15, 0.2) is 9.84 Å². The molecule has 1 aliphatic carbocycles. The number of hydrogen-bond acceptors (Lipinski definition) is 4. The van der Waals surface area contributed by atoms with Gasteiger partial charge in [-0.05, 0) is 36.6 Å². The summed E-state index contributed by atoms with van der Waals surface area (Å²) in [6.07, 6.45) is 0.859. The molecule has 0 heterocycles. The molecular weight excluding hydrogens is 364 g/mol. The molecule has 0 saturated heterocycles. The fraction of sp³-hybridized carbons (Fsp3) is 0.381. The van der Waals surface area contributed by atoms with Gasteiger partial charge in [-0.2, -0.15) is 0 Å². The molecule has 27 heavy (non-hydrogen) atoms. The number of carbonyl (C=O) groups is 1. The number of aryl methyl sites for hydroxylation is 2. The van der Waals surface area contributed by atoms with Crippen LogP contribution in [0.15, 0.2) is 53.4 Å². The van der Waals surface area contributed by atoms with Crippen LogP contribution >= 0.6 is 0 Å². The molecule has 6 heteroatoms. The van der Waals surface area contributed by atoms with Gasteiger partial charge in [-0.15, -0.1) is 0 Å². The van der Waals surface area contributed by atoms with E-state index in [1.54, 1.807) is 24.3 Å². The molecule has 0 bridgehead atoms. The molecule has 0 spiro atoms. The zero-order valence-corrected chi connectivity index (χ0v) is 16.5. The molecule has 1 fully saturated rings. The van der Waals surface area contributed by atoms with Crippen molar-refractivity contribution in [1.29, 1.82) is 0 Å². The molecule has 1 aliphatic rings. The van der Waals surface area contributed by atoms with Crippen LogP contribution in [-0.4, -0.2) is 38.5 Å². The smallest absolute Gasteiger partial charge is 0.314 e. The Morgan fingerprint density at radius 1 is 1.11 bits per heavy atom. The van der Waals surface area contributed by atoms with Gasteiger partial charge in [0.1, 0.15) is 5.41 Å². The second-order valence-corrected chi connectivity index (χ2v) is 9.20. The highest BCUT2D eigenvalue weighted by Crippen LogP contribution is 2.64. The molecule has 0 aromatic heterocycles. The lowest BCUT2D eigenvalue weighted by molar-refractivity contribution is -0.145. The van der Waals surface area contributed by atoms with E-state index in [4.69, 9.17) is 4.74 Å². The minimum Gasteiger partial charge on any atom is -0.481 e. The normalized spacial score (nSPS) is 24.6. The average molecular weight is 388 g/mol. The first-order valence-electron chi connectivity index (χ1n) is 8.90. The molecule has 0 unspecified atom stereocenters. The third-order valence-electron chi connectivity index (χ3n) is 5.47. The second kappa shape index (κ2) is 7.09. The number of ether oxygens (including phenoxy) is 1. The van der Waals surface area contributed by atoms with Crippen LogP contribution in [0, 0.1) is 12.3 Å². The topological polar surface area (TPSA) is 80.7 Å². The van der Waals surface area contributed by atoms with E-state index < -0.39 is 32.4 Å². The summed E-state index contributed by atoms with van der Waals surface area (Å²) in [4.78, 5) is 12.3. The van der Waals surface area contributed by atoms with Crippen molar-refractivity contribution in [2.75, 3.05) is 13.7 Å². The second-order valence-electron chi connectivity index (χ2n) is 7.13. The average Bonchev–Trinajstić information content (AvgIpc) is 3.33. The standard InChI is InChI=1S/C21H24O5S/c1-4-15-7-9-16(10-8-15)18-19(21(18,13-26-3)20(22)23)27(24,25)17-11-5-14(2)6-12-17/h5-12,18-19H,4,13H2,1-3H3,(H,22,23)/t18-,19-,21-/m0/s1. The molecule has 1 saturated carbocycles. The van der Waals surface area contributed by atoms with Gasteiger partial charge in [-0.25, -0.2) is 8.42 Å². The molecule has 2 aromatic rings. The maximum absolute atomic E-state index is 13.3. The van der Waals surface area contributed by atoms with Gasteiger partial charge >= 0.3 is 5.97 Å². The number of hydrogen-bond donors (Lipinski definition) is 1. The van der Waals surface area contributed by atoms with Crippen molar-refractivity contribution in [3.8, 4) is 0 Å². The summed E-state index contributed by atoms with van der Waals surface area (Å²) in [6, 6.07) is 14.0. The van der Waals surface area contributed by atoms with Crippen molar-refractivity contribution >= 4 is 15.8 Å². The van der Waals surface area contributed by atoms with Crippen molar-refractivity contribution in [3.05, 3.63) is 65.2 Å². The lowest BCUT2D eigenvalue weighted by Crippen LogP contribution is -2.28. The maximum Gasteiger partial charge on any atom is 0.314 e. The van der Waals surface area contributed by atoms with E-state index in [0.717, 1.165) is 17.5 Å². The van der Waals surface area contributed by atoms with Gasteiger partial charge in [-0.1, -0.05) is 48.9 Å². The lowest BCUT2D eigenvalue weighted by atomic mass is 9.99. The van der Waals surface area contributed by atoms with Crippen LogP contribution in [0.5, 0.6) is 0 Å². The summed E-state index contributed by atoms with van der Waals surface area (Å²) in [5, 5.41) is 8.89. The summed E-state index contributed by atoms with van der Waals surface area (Å²) in [5.41, 5.74) is 1.29. The predicted molar refractivity (Wildman–Crippen MR) is 103 cm³/mol. The van der Waals surface area contributed by atoms with E-state index >= 15 is 0 Å². The quantitative estimate of drug-likeness (QED) is 0.788. The van der Waals surface area contributed by atoms with Crippen LogP contribution in [0.25, 0.3) is 0 Å². The van der Waals surface area contributed by atoms with Crippen molar-refractivity contribution < 1.29 is 23.1 Å². The molecule has 3 rings (SSSR count). The maximum atomic E-state index is 13.3. The van der Waals surface area contributed by atoms with Crippen molar-refractivity contribution in [1.82, 2.24) is 0 Å². The first kappa shape index (κ1) is 19.6. The molecule has 5 nitrogen and oxygen atoms in total. The largest absolute Gasteiger partial charge is 0.481 e. The van der Waals surface area contributed by atoms with Crippen LogP contribution in [0.2, 0.25) is 0 Å². The summed E-state index contributed by atoms with van der Waals surface area (Å²) in [6.45, 7) is 3.75. The van der Waals surface area contributed by atoms with Crippen LogP contribution in [-0.2, 0) is 25.8 Å². The number of sulfone groups is 1. The van der Waals surface area contributed by atoms with E-state index in [1.807, 2.05) is 38.1 Å². The summed E-state index contributed by atoms with van der Waals surface area (Å²) < 4.78 is 31.7. The molecule has 3 atom stereocenters. The Labute approximate surface area is 159 Å². The highest BCUT2D eigenvalue weighted by molar-refractivity contribution is 7.92. The number of benzene rings is 2. The monoisotopic (exact) mass is 388 g/mol. The van der Waals surface area contributed by atoms with Crippen LogP contribution < -0.4 is 0 Å². The van der Waals surface area contributed by atoms with E-state index in [9.17, 15) is 18.3 Å². The van der Waals surface area contributed by atoms with Crippen LogP contribution in [0.4, 0.5) is 0 Å². The van der Waals surface area contributed by atoms with Crippen molar-refractivity contribution in [2.24, 2.45) is 5.41 Å². The van der Waals surface area contributed by atoms with Crippen molar-refractivity contribution in [3.63, 3.8) is 0 Å². The number of methoxy groups -OCH3 is 1. The zero-order chi connectivity index (χ0) is 19.8. The number of carboxylic acids is 1. The van der Waals surface area contributed by atoms with E-state index in [1.165, 1.54) is 7.11 Å². The van der Waals surface area contributed by atoms with Crippen LogP contribution in [0.1, 0.15) is 29.5 Å². The van der Waals surface area contributed by atoms with Gasteiger partial charge in [-0.3, -0.25) is 4.79 Å². The van der Waals surface area contributed by atoms with E-state index in [0.29, 0.717) is 5.56 Å². The fourth-order valence-corrected chi connectivity index (χ4v) is 6.25. The summed E-state index contributed by atoms with van der Waals surface area (Å²) in [5.74, 6) is -1.79. The first-order chi connectivity index (χ1) is 12.8. The Bertz CT molecular complexity index is 932. The van der Waals surface area contributed by atoms with Crippen molar-refractivity contribution in [2.45, 2.75) is 36.3 Å². The Balaban J connectivity index is 2.09. The predicted octanol–water partition coefficient (Wildman–Crippen LogP) is 3.21. The molecule has 1 N–H and O–H groups in total. The third kappa shape index (κ3) is 3.17. The lowest BCUT2D eigenvalue weighted by Gasteiger charge is -2.12. The molecular formula is C21H24O5S. The van der Waals surface area contributed by atoms with E-state index in [-0.39, 0.29) is 11.5 Å². The fourth-order valence-electron chi connectivity index (χ4n) is 3.90. The molecule has 0 amide bonds. The summed E-state index contributed by atoms with van der Waals surface area (Å²) in [7, 11) is -2.43. The number of carboxylic acid groups (broad SMARTS) is 1. The summed E-state index contributed by atoms with van der Waals surface area (Å²) >= 11 is 0. The number of aliphatic carboxylic acids is 1. The molecule has 0 aliphatic heterocycles. The molecule has 2 aromatic carbocycles. The molecule has 0 radical (unpaired) electrons. The van der Waals surface area contributed by atoms with Crippen LogP contribution in [0.3, 0.4) is 0 Å². The highest BCUT2D eigenvalue weighted by Gasteiger charge is 2.76. The Hall–Kier alpha value is -2.18. The van der Waals surface area contributed by atoms with E-state index in [2.05, 4.69) is 0 Å². The van der Waals surface area contributed by atoms with Gasteiger partial charge in [0.25, 0.3) is 0 Å². The minimum absolute atomic E-state index is 0.146. The SMILES string of the molecule is CCc1ccc([C@H]2[C@H](S(=O)(=O)c3ccc(C)cc3)[C@@]2(COC)C(=O)O)cc1. The van der Waals surface area contributed by atoms with Gasteiger partial charge in [0.2, 0.25) is 0 Å². The Kier molecular flexibility index (Phi) is 5.14. The first-order valence-corrected chi connectivity index (χ1v) is 10.5. The Morgan fingerprint density at radius 2 is 1.70 bits per heavy atom. The molecule has 144 valence electrons. The minimum atomic E-state index is -3.83. The van der Waals surface area contributed by atoms with Gasteiger partial charge in [0.05, 0.1) is 16.8 Å². The highest BCUT2D eigenvalue weighted by atomic mass is 32.2. The Morgan fingerprint density at radius 3 is 2.19 bits per heavy atom. The van der Waals surface area contributed by atoms with Gasteiger partial charge < -0.3 is 9.84 Å². The number of rotatable bonds is 7. The third-order valence-corrected chi connectivity index (χ3v) is 7.76. The zero-order valence-electron chi connectivity index (χ0n) is 15.7. The van der Waals surface area contributed by atoms with Gasteiger partial charge in [0, 0.05) is 13.0 Å².